The largest absolute Gasteiger partial charge is 0.458 e. The fourth-order valence-electron chi connectivity index (χ4n) is 5.12. The lowest BCUT2D eigenvalue weighted by Crippen LogP contribution is -2.32. The quantitative estimate of drug-likeness (QED) is 0.0473. The van der Waals surface area contributed by atoms with Crippen molar-refractivity contribution in [2.45, 2.75) is 91.8 Å². The van der Waals surface area contributed by atoms with Crippen molar-refractivity contribution in [3.8, 4) is 0 Å². The van der Waals surface area contributed by atoms with Crippen LogP contribution < -0.4 is 0 Å². The van der Waals surface area contributed by atoms with Gasteiger partial charge >= 0.3 is 17.9 Å². The molecule has 3 N–H and O–H groups in total. The molecule has 0 radical (unpaired) electrons. The second-order valence-corrected chi connectivity index (χ2v) is 14.7. The van der Waals surface area contributed by atoms with Crippen LogP contribution in [0.3, 0.4) is 0 Å². The van der Waals surface area contributed by atoms with E-state index in [4.69, 9.17) is 14.2 Å². The van der Waals surface area contributed by atoms with Crippen molar-refractivity contribution in [3.05, 3.63) is 129 Å². The number of ether oxygens (including phenoxy) is 3. The molecule has 0 aliphatic rings. The van der Waals surface area contributed by atoms with Gasteiger partial charge in [0.2, 0.25) is 0 Å². The Labute approximate surface area is 320 Å². The molecule has 0 aliphatic carbocycles. The predicted octanol–water partition coefficient (Wildman–Crippen LogP) is 6.09. The second kappa shape index (κ2) is 18.2. The second-order valence-electron chi connectivity index (χ2n) is 14.7. The van der Waals surface area contributed by atoms with E-state index < -0.39 is 52.1 Å². The van der Waals surface area contributed by atoms with Crippen LogP contribution in [0.1, 0.15) is 125 Å². The molecule has 12 heteroatoms. The lowest BCUT2D eigenvalue weighted by molar-refractivity contribution is -0.129. The molecule has 3 aromatic rings. The van der Waals surface area contributed by atoms with Gasteiger partial charge in [0.05, 0.1) is 16.7 Å². The van der Waals surface area contributed by atoms with Gasteiger partial charge in [-0.15, -0.1) is 0 Å². The number of Topliss-reactive ketones (excluding diaryl/α,β-unsaturated/α-hetero) is 3. The van der Waals surface area contributed by atoms with Gasteiger partial charge in [-0.05, 0) is 108 Å². The zero-order valence-corrected chi connectivity index (χ0v) is 32.3. The minimum Gasteiger partial charge on any atom is -0.458 e. The number of benzene rings is 3. The van der Waals surface area contributed by atoms with E-state index >= 15 is 0 Å². The number of aliphatic hydroxyl groups is 3. The first-order chi connectivity index (χ1) is 25.5. The Hall–Kier alpha value is -5.56. The highest BCUT2D eigenvalue weighted by atomic mass is 16.5. The molecule has 55 heavy (non-hydrogen) atoms. The van der Waals surface area contributed by atoms with Crippen molar-refractivity contribution in [3.63, 3.8) is 0 Å². The Morgan fingerprint density at radius 3 is 1.35 bits per heavy atom. The number of hydrogen-bond donors (Lipinski definition) is 3. The maximum atomic E-state index is 13.3. The van der Waals surface area contributed by atoms with E-state index in [0.717, 1.165) is 0 Å². The molecule has 0 unspecified atom stereocenters. The number of carbonyl (C=O) groups is 6. The maximum Gasteiger partial charge on any atom is 0.338 e. The van der Waals surface area contributed by atoms with Crippen LogP contribution in [-0.4, -0.2) is 74.0 Å². The molecule has 12 nitrogen and oxygen atoms in total. The SMILES string of the molecule is CCC=C(C=C(C)COC(=O)c1cc(C(=O)OCc2cccc(C(=O)C(C)(C)O)c2)cc(C(=O)OCc2cccc(C(=O)C(C)(C)O)c2)c1)C(=O)C(C)(C)O. The number of hydrogen-bond acceptors (Lipinski definition) is 12. The summed E-state index contributed by atoms with van der Waals surface area (Å²) in [6.45, 7) is 10.8. The van der Waals surface area contributed by atoms with Gasteiger partial charge in [0.25, 0.3) is 0 Å². The van der Waals surface area contributed by atoms with Gasteiger partial charge in [-0.1, -0.05) is 49.4 Å². The molecule has 3 rings (SSSR count). The third kappa shape index (κ3) is 12.8. The standard InChI is InChI=1S/C43H48O12/c1-9-12-29(35(44)41(3,4)50)17-26(2)23-53-38(47)32-20-33(39(48)54-24-27-13-10-15-30(18-27)36(45)42(5,6)51)22-34(21-32)40(49)55-25-28-14-11-16-31(19-28)37(46)43(7,8)52/h10-22,50-52H,9,23-25H2,1-8H3. The summed E-state index contributed by atoms with van der Waals surface area (Å²) in [5.74, 6) is -4.33. The fourth-order valence-corrected chi connectivity index (χ4v) is 5.12. The first-order valence-electron chi connectivity index (χ1n) is 17.5. The van der Waals surface area contributed by atoms with Gasteiger partial charge in [0, 0.05) is 16.7 Å². The van der Waals surface area contributed by atoms with Gasteiger partial charge < -0.3 is 29.5 Å². The minimum atomic E-state index is -1.62. The summed E-state index contributed by atoms with van der Waals surface area (Å²) in [4.78, 5) is 77.9. The summed E-state index contributed by atoms with van der Waals surface area (Å²) in [5, 5.41) is 30.5. The third-order valence-corrected chi connectivity index (χ3v) is 7.94. The lowest BCUT2D eigenvalue weighted by Gasteiger charge is -2.17. The molecular weight excluding hydrogens is 708 g/mol. The van der Waals surface area contributed by atoms with Crippen molar-refractivity contribution in [2.75, 3.05) is 6.61 Å². The summed E-state index contributed by atoms with van der Waals surface area (Å²) >= 11 is 0. The summed E-state index contributed by atoms with van der Waals surface area (Å²) in [5.41, 5.74) is -3.46. The van der Waals surface area contributed by atoms with E-state index in [-0.39, 0.29) is 53.2 Å². The van der Waals surface area contributed by atoms with Crippen LogP contribution in [0.15, 0.2) is 90.0 Å². The zero-order chi connectivity index (χ0) is 41.3. The number of allylic oxidation sites excluding steroid dienone is 2. The highest BCUT2D eigenvalue weighted by Crippen LogP contribution is 2.20. The maximum absolute atomic E-state index is 13.3. The molecule has 0 saturated heterocycles. The molecular formula is C43H48O12. The molecule has 0 bridgehead atoms. The molecule has 0 amide bonds. The van der Waals surface area contributed by atoms with Gasteiger partial charge in [0.15, 0.2) is 17.3 Å². The topological polar surface area (TPSA) is 191 Å². The highest BCUT2D eigenvalue weighted by Gasteiger charge is 2.28. The normalized spacial score (nSPS) is 12.5. The average molecular weight is 757 g/mol. The van der Waals surface area contributed by atoms with E-state index in [1.807, 2.05) is 6.92 Å². The van der Waals surface area contributed by atoms with Crippen LogP contribution in [0.4, 0.5) is 0 Å². The molecule has 0 heterocycles. The molecule has 0 aliphatic heterocycles. The van der Waals surface area contributed by atoms with Crippen LogP contribution in [0.5, 0.6) is 0 Å². The van der Waals surface area contributed by atoms with E-state index in [1.165, 1.54) is 90.1 Å². The highest BCUT2D eigenvalue weighted by molar-refractivity contribution is 6.04. The van der Waals surface area contributed by atoms with E-state index in [9.17, 15) is 44.1 Å². The van der Waals surface area contributed by atoms with E-state index in [0.29, 0.717) is 23.1 Å². The molecule has 3 aromatic carbocycles. The van der Waals surface area contributed by atoms with Gasteiger partial charge in [-0.3, -0.25) is 14.4 Å². The molecule has 0 fully saturated rings. The van der Waals surface area contributed by atoms with Crippen LogP contribution in [0, 0.1) is 0 Å². The Balaban J connectivity index is 1.90. The summed E-state index contributed by atoms with van der Waals surface area (Å²) in [7, 11) is 0. The Morgan fingerprint density at radius 2 is 0.982 bits per heavy atom. The monoisotopic (exact) mass is 756 g/mol. The number of esters is 3. The van der Waals surface area contributed by atoms with Crippen molar-refractivity contribution < 1.29 is 58.3 Å². The van der Waals surface area contributed by atoms with Crippen molar-refractivity contribution in [1.29, 1.82) is 0 Å². The van der Waals surface area contributed by atoms with Gasteiger partial charge in [-0.25, -0.2) is 14.4 Å². The van der Waals surface area contributed by atoms with Crippen LogP contribution >= 0.6 is 0 Å². The lowest BCUT2D eigenvalue weighted by atomic mass is 9.94. The van der Waals surface area contributed by atoms with Crippen LogP contribution in [0.2, 0.25) is 0 Å². The summed E-state index contributed by atoms with van der Waals surface area (Å²) in [6.07, 6.45) is 3.65. The summed E-state index contributed by atoms with van der Waals surface area (Å²) < 4.78 is 16.4. The number of carbonyl (C=O) groups excluding carboxylic acids is 6. The van der Waals surface area contributed by atoms with Gasteiger partial charge in [0.1, 0.15) is 36.6 Å². The van der Waals surface area contributed by atoms with E-state index in [1.54, 1.807) is 37.3 Å². The Bertz CT molecular complexity index is 1910. The number of ketones is 3. The zero-order valence-electron chi connectivity index (χ0n) is 32.3. The molecule has 0 atom stereocenters. The average Bonchev–Trinajstić information content (AvgIpc) is 3.12. The van der Waals surface area contributed by atoms with Crippen molar-refractivity contribution in [1.82, 2.24) is 0 Å². The smallest absolute Gasteiger partial charge is 0.338 e. The molecule has 0 aromatic heterocycles. The van der Waals surface area contributed by atoms with Crippen molar-refractivity contribution >= 4 is 35.3 Å². The predicted molar refractivity (Wildman–Crippen MR) is 203 cm³/mol. The van der Waals surface area contributed by atoms with Crippen molar-refractivity contribution in [2.24, 2.45) is 0 Å². The Morgan fingerprint density at radius 1 is 0.582 bits per heavy atom. The molecule has 0 spiro atoms. The fraction of sp³-hybridized carbons (Fsp3) is 0.349. The minimum absolute atomic E-state index is 0.193. The third-order valence-electron chi connectivity index (χ3n) is 7.94. The van der Waals surface area contributed by atoms with Crippen LogP contribution in [-0.2, 0) is 32.2 Å². The van der Waals surface area contributed by atoms with Crippen LogP contribution in [0.25, 0.3) is 0 Å². The number of rotatable bonds is 17. The Kier molecular flexibility index (Phi) is 14.5. The summed E-state index contributed by atoms with van der Waals surface area (Å²) in [6, 6.07) is 15.9. The first kappa shape index (κ1) is 43.8. The van der Waals surface area contributed by atoms with E-state index in [2.05, 4.69) is 0 Å². The van der Waals surface area contributed by atoms with Gasteiger partial charge in [-0.2, -0.15) is 0 Å². The first-order valence-corrected chi connectivity index (χ1v) is 17.5. The molecule has 0 saturated carbocycles. The molecule has 292 valence electrons.